The van der Waals surface area contributed by atoms with Crippen LogP contribution in [-0.4, -0.2) is 36.1 Å². The molecule has 1 aromatic carbocycles. The van der Waals surface area contributed by atoms with Crippen molar-refractivity contribution in [2.45, 2.75) is 45.3 Å². The molecule has 0 radical (unpaired) electrons. The van der Waals surface area contributed by atoms with Gasteiger partial charge in [-0.25, -0.2) is 4.39 Å². The molecule has 4 heteroatoms. The summed E-state index contributed by atoms with van der Waals surface area (Å²) >= 11 is 0. The lowest BCUT2D eigenvalue weighted by Crippen LogP contribution is -2.42. The van der Waals surface area contributed by atoms with Gasteiger partial charge in [0.15, 0.2) is 0 Å². The summed E-state index contributed by atoms with van der Waals surface area (Å²) in [4.78, 5) is 14.0. The van der Waals surface area contributed by atoms with E-state index in [1.807, 2.05) is 18.7 Å². The number of halogens is 1. The molecular weight excluding hydrogens is 257 g/mol. The van der Waals surface area contributed by atoms with Crippen LogP contribution in [0.3, 0.4) is 0 Å². The number of rotatable bonds is 4. The lowest BCUT2D eigenvalue weighted by Gasteiger charge is -2.33. The highest BCUT2D eigenvalue weighted by Crippen LogP contribution is 2.16. The molecule has 0 aliphatic carbocycles. The Morgan fingerprint density at radius 2 is 2.10 bits per heavy atom. The normalized spacial score (nSPS) is 16.7. The average molecular weight is 279 g/mol. The lowest BCUT2D eigenvalue weighted by molar-refractivity contribution is -0.133. The van der Waals surface area contributed by atoms with Gasteiger partial charge in [0.05, 0.1) is 18.6 Å². The number of likely N-dealkylation sites (tertiary alicyclic amines) is 1. The van der Waals surface area contributed by atoms with Crippen LogP contribution < -0.4 is 0 Å². The molecule has 1 aromatic rings. The summed E-state index contributed by atoms with van der Waals surface area (Å²) in [5, 5.41) is 0. The van der Waals surface area contributed by atoms with Crippen molar-refractivity contribution in [3.63, 3.8) is 0 Å². The second-order valence-corrected chi connectivity index (χ2v) is 5.57. The van der Waals surface area contributed by atoms with E-state index in [0.29, 0.717) is 0 Å². The van der Waals surface area contributed by atoms with Crippen LogP contribution in [0.5, 0.6) is 0 Å². The number of hydrogen-bond acceptors (Lipinski definition) is 2. The van der Waals surface area contributed by atoms with E-state index >= 15 is 0 Å². The van der Waals surface area contributed by atoms with Gasteiger partial charge in [0, 0.05) is 13.1 Å². The van der Waals surface area contributed by atoms with Gasteiger partial charge in [-0.1, -0.05) is 12.1 Å². The summed E-state index contributed by atoms with van der Waals surface area (Å²) in [6, 6.07) is 6.24. The van der Waals surface area contributed by atoms with Gasteiger partial charge in [0.1, 0.15) is 5.82 Å². The fraction of sp³-hybridized carbons (Fsp3) is 0.562. The van der Waals surface area contributed by atoms with Crippen LogP contribution >= 0.6 is 0 Å². The van der Waals surface area contributed by atoms with Crippen molar-refractivity contribution in [2.75, 3.05) is 13.1 Å². The molecule has 1 aliphatic heterocycles. The van der Waals surface area contributed by atoms with Crippen LogP contribution in [0, 0.1) is 5.82 Å². The topological polar surface area (TPSA) is 29.5 Å². The first kappa shape index (κ1) is 15.0. The van der Waals surface area contributed by atoms with Crippen molar-refractivity contribution in [2.24, 2.45) is 0 Å². The Kier molecular flexibility index (Phi) is 5.12. The molecule has 1 aliphatic rings. The zero-order valence-corrected chi connectivity index (χ0v) is 12.1. The molecule has 0 saturated carbocycles. The second-order valence-electron chi connectivity index (χ2n) is 5.57. The number of carbonyl (C=O) groups is 1. The fourth-order valence-electron chi connectivity index (χ4n) is 2.56. The monoisotopic (exact) mass is 279 g/mol. The Labute approximate surface area is 119 Å². The molecule has 0 unspecified atom stereocenters. The highest BCUT2D eigenvalue weighted by Gasteiger charge is 2.23. The predicted molar refractivity (Wildman–Crippen MR) is 75.9 cm³/mol. The van der Waals surface area contributed by atoms with Crippen LogP contribution in [0.4, 0.5) is 4.39 Å². The number of nitrogens with zero attached hydrogens (tertiary/aromatic N) is 1. The molecular formula is C16H22FNO2. The first-order valence-electron chi connectivity index (χ1n) is 7.22. The molecule has 0 bridgehead atoms. The van der Waals surface area contributed by atoms with E-state index in [-0.39, 0.29) is 30.4 Å². The Balaban J connectivity index is 1.83. The van der Waals surface area contributed by atoms with Gasteiger partial charge in [-0.2, -0.15) is 0 Å². The van der Waals surface area contributed by atoms with E-state index in [1.54, 1.807) is 12.1 Å². The molecule has 1 heterocycles. The van der Waals surface area contributed by atoms with Gasteiger partial charge >= 0.3 is 0 Å². The highest BCUT2D eigenvalue weighted by atomic mass is 19.1. The summed E-state index contributed by atoms with van der Waals surface area (Å²) in [6.07, 6.45) is 2.52. The van der Waals surface area contributed by atoms with Crippen LogP contribution in [0.25, 0.3) is 0 Å². The maximum atomic E-state index is 13.1. The summed E-state index contributed by atoms with van der Waals surface area (Å²) < 4.78 is 18.9. The van der Waals surface area contributed by atoms with Gasteiger partial charge < -0.3 is 9.64 Å². The molecule has 0 aromatic heterocycles. The van der Waals surface area contributed by atoms with Gasteiger partial charge in [-0.05, 0) is 44.4 Å². The van der Waals surface area contributed by atoms with Crippen LogP contribution in [0.15, 0.2) is 24.3 Å². The van der Waals surface area contributed by atoms with E-state index in [2.05, 4.69) is 0 Å². The summed E-state index contributed by atoms with van der Waals surface area (Å²) in [5.74, 6) is -0.224. The Morgan fingerprint density at radius 1 is 1.40 bits per heavy atom. The summed E-state index contributed by atoms with van der Waals surface area (Å²) in [5.41, 5.74) is 0.732. The molecule has 0 spiro atoms. The minimum Gasteiger partial charge on any atom is -0.375 e. The molecule has 3 nitrogen and oxygen atoms in total. The summed E-state index contributed by atoms with van der Waals surface area (Å²) in [7, 11) is 0. The van der Waals surface area contributed by atoms with E-state index in [4.69, 9.17) is 4.74 Å². The minimum absolute atomic E-state index is 0.0681. The number of ether oxygens (including phenoxy) is 1. The third-order valence-corrected chi connectivity index (χ3v) is 3.50. The van der Waals surface area contributed by atoms with Crippen molar-refractivity contribution < 1.29 is 13.9 Å². The van der Waals surface area contributed by atoms with E-state index in [1.165, 1.54) is 12.1 Å². The van der Waals surface area contributed by atoms with Crippen LogP contribution in [-0.2, 0) is 16.0 Å². The molecule has 110 valence electrons. The zero-order chi connectivity index (χ0) is 14.5. The number of amides is 1. The number of hydrogen-bond donors (Lipinski definition) is 0. The molecule has 1 amide bonds. The second kappa shape index (κ2) is 6.84. The molecule has 1 fully saturated rings. The van der Waals surface area contributed by atoms with Crippen LogP contribution in [0.2, 0.25) is 0 Å². The first-order valence-corrected chi connectivity index (χ1v) is 7.22. The minimum atomic E-state index is -0.292. The third-order valence-electron chi connectivity index (χ3n) is 3.50. The predicted octanol–water partition coefficient (Wildman–Crippen LogP) is 2.78. The lowest BCUT2D eigenvalue weighted by atomic mass is 10.1. The number of benzene rings is 1. The zero-order valence-electron chi connectivity index (χ0n) is 12.1. The SMILES string of the molecule is CC(C)OC1CCN(C(=O)Cc2cccc(F)c2)CC1. The Morgan fingerprint density at radius 3 is 2.70 bits per heavy atom. The number of piperidine rings is 1. The molecule has 20 heavy (non-hydrogen) atoms. The first-order chi connectivity index (χ1) is 9.54. The average Bonchev–Trinajstić information content (AvgIpc) is 2.38. The van der Waals surface area contributed by atoms with Crippen molar-refractivity contribution in [1.29, 1.82) is 0 Å². The third kappa shape index (κ3) is 4.30. The highest BCUT2D eigenvalue weighted by molar-refractivity contribution is 5.78. The van der Waals surface area contributed by atoms with Crippen molar-refractivity contribution >= 4 is 5.91 Å². The molecule has 1 saturated heterocycles. The van der Waals surface area contributed by atoms with Gasteiger partial charge in [0.2, 0.25) is 5.91 Å². The van der Waals surface area contributed by atoms with Gasteiger partial charge in [-0.15, -0.1) is 0 Å². The Hall–Kier alpha value is -1.42. The largest absolute Gasteiger partial charge is 0.375 e. The maximum absolute atomic E-state index is 13.1. The molecule has 2 rings (SSSR count). The number of carbonyl (C=O) groups excluding carboxylic acids is 1. The molecule has 0 atom stereocenters. The van der Waals surface area contributed by atoms with Gasteiger partial charge in [-0.3, -0.25) is 4.79 Å². The molecule has 0 N–H and O–H groups in total. The van der Waals surface area contributed by atoms with E-state index in [0.717, 1.165) is 31.5 Å². The maximum Gasteiger partial charge on any atom is 0.226 e. The van der Waals surface area contributed by atoms with E-state index in [9.17, 15) is 9.18 Å². The van der Waals surface area contributed by atoms with Crippen molar-refractivity contribution in [3.05, 3.63) is 35.6 Å². The van der Waals surface area contributed by atoms with Gasteiger partial charge in [0.25, 0.3) is 0 Å². The smallest absolute Gasteiger partial charge is 0.226 e. The van der Waals surface area contributed by atoms with E-state index < -0.39 is 0 Å². The standard InChI is InChI=1S/C16H22FNO2/c1-12(2)20-15-6-8-18(9-7-15)16(19)11-13-4-3-5-14(17)10-13/h3-5,10,12,15H,6-9,11H2,1-2H3. The summed E-state index contributed by atoms with van der Waals surface area (Å²) in [6.45, 7) is 5.51. The quantitative estimate of drug-likeness (QED) is 0.848. The van der Waals surface area contributed by atoms with Crippen LogP contribution in [0.1, 0.15) is 32.3 Å². The van der Waals surface area contributed by atoms with Crippen molar-refractivity contribution in [3.8, 4) is 0 Å². The van der Waals surface area contributed by atoms with Crippen molar-refractivity contribution in [1.82, 2.24) is 4.90 Å². The fourth-order valence-corrected chi connectivity index (χ4v) is 2.56. The Bertz CT molecular complexity index is 454.